The number of aryl methyl sites for hydroxylation is 1. The Balaban J connectivity index is 1.36. The summed E-state index contributed by atoms with van der Waals surface area (Å²) in [4.78, 5) is 40.8. The van der Waals surface area contributed by atoms with E-state index in [1.54, 1.807) is 12.1 Å². The molecule has 46 heavy (non-hydrogen) atoms. The van der Waals surface area contributed by atoms with Crippen molar-refractivity contribution in [2.75, 3.05) is 6.54 Å². The van der Waals surface area contributed by atoms with Crippen molar-refractivity contribution < 1.29 is 23.9 Å². The number of ketones is 1. The number of benzene rings is 3. The minimum absolute atomic E-state index is 0.000827. The molecule has 3 aromatic carbocycles. The van der Waals surface area contributed by atoms with Gasteiger partial charge in [-0.1, -0.05) is 54.1 Å². The lowest BCUT2D eigenvalue weighted by Gasteiger charge is -2.35. The van der Waals surface area contributed by atoms with Gasteiger partial charge in [-0.05, 0) is 58.8 Å². The third-order valence-corrected chi connectivity index (χ3v) is 8.19. The Labute approximate surface area is 267 Å². The Morgan fingerprint density at radius 2 is 1.80 bits per heavy atom. The molecule has 232 valence electrons. The maximum Gasteiger partial charge on any atom is 0.335 e. The number of amides is 1. The van der Waals surface area contributed by atoms with Crippen LogP contribution in [-0.2, 0) is 29.0 Å². The van der Waals surface area contributed by atoms with Crippen molar-refractivity contribution in [2.45, 2.75) is 32.4 Å². The minimum atomic E-state index is -1.07. The number of carboxylic acids is 1. The number of tetrazole rings is 1. The third kappa shape index (κ3) is 6.07. The summed E-state index contributed by atoms with van der Waals surface area (Å²) in [6, 6.07) is 17.8. The molecule has 1 unspecified atom stereocenters. The normalized spacial score (nSPS) is 14.4. The van der Waals surface area contributed by atoms with Crippen LogP contribution in [0.4, 0.5) is 4.39 Å². The number of carboxylic acid groups (broad SMARTS) is 1. The van der Waals surface area contributed by atoms with E-state index in [-0.39, 0.29) is 40.6 Å². The van der Waals surface area contributed by atoms with Gasteiger partial charge in [0.15, 0.2) is 11.6 Å². The monoisotopic (exact) mass is 639 g/mol. The summed E-state index contributed by atoms with van der Waals surface area (Å²) in [5.74, 6) is -2.60. The number of Topliss-reactive ketones (excluding diaryl/α,β-unsaturated/α-hetero) is 1. The highest BCUT2D eigenvalue weighted by molar-refractivity contribution is 6.31. The van der Waals surface area contributed by atoms with Gasteiger partial charge in [0.2, 0.25) is 5.91 Å². The molecule has 2 aromatic heterocycles. The average molecular weight is 640 g/mol. The number of fused-ring (bicyclic) bond motifs is 1. The fourth-order valence-corrected chi connectivity index (χ4v) is 5.90. The zero-order valence-electron chi connectivity index (χ0n) is 24.5. The second-order valence-electron chi connectivity index (χ2n) is 10.8. The number of nitrogens with zero attached hydrogens (tertiary/aromatic N) is 7. The quantitative estimate of drug-likeness (QED) is 0.230. The molecule has 0 radical (unpaired) electrons. The molecule has 1 atom stereocenters. The summed E-state index contributed by atoms with van der Waals surface area (Å²) in [5.41, 5.74) is 4.14. The first-order chi connectivity index (χ1) is 22.2. The molecule has 0 aliphatic carbocycles. The highest BCUT2D eigenvalue weighted by Gasteiger charge is 2.39. The van der Waals surface area contributed by atoms with Crippen LogP contribution in [0.1, 0.15) is 50.0 Å². The molecule has 11 nitrogen and oxygen atoms in total. The van der Waals surface area contributed by atoms with Crippen LogP contribution in [0, 0.1) is 12.7 Å². The molecular formula is C33H27ClFN7O4. The largest absolute Gasteiger partial charge is 0.478 e. The number of carbonyl (C=O) groups excluding carboxylic acids is 2. The van der Waals surface area contributed by atoms with Crippen LogP contribution < -0.4 is 0 Å². The first-order valence-electron chi connectivity index (χ1n) is 14.4. The zero-order valence-corrected chi connectivity index (χ0v) is 25.3. The van der Waals surface area contributed by atoms with E-state index in [0.29, 0.717) is 29.8 Å². The van der Waals surface area contributed by atoms with Crippen LogP contribution >= 0.6 is 11.6 Å². The van der Waals surface area contributed by atoms with E-state index >= 15 is 4.39 Å². The maximum absolute atomic E-state index is 15.2. The third-order valence-electron chi connectivity index (χ3n) is 7.90. The molecule has 3 heterocycles. The van der Waals surface area contributed by atoms with Crippen molar-refractivity contribution >= 4 is 35.3 Å². The lowest BCUT2D eigenvalue weighted by atomic mass is 9.90. The second kappa shape index (κ2) is 12.9. The van der Waals surface area contributed by atoms with Crippen molar-refractivity contribution in [1.82, 2.24) is 34.9 Å². The second-order valence-corrected chi connectivity index (χ2v) is 11.2. The number of rotatable bonds is 9. The average Bonchev–Trinajstić information content (AvgIpc) is 3.70. The summed E-state index contributed by atoms with van der Waals surface area (Å²) in [6.45, 7) is 2.52. The Kier molecular flexibility index (Phi) is 8.53. The summed E-state index contributed by atoms with van der Waals surface area (Å²) >= 11 is 6.06. The first kappa shape index (κ1) is 30.5. The molecule has 0 bridgehead atoms. The van der Waals surface area contributed by atoms with Crippen molar-refractivity contribution in [3.63, 3.8) is 0 Å². The molecule has 0 spiro atoms. The van der Waals surface area contributed by atoms with Crippen LogP contribution in [0.2, 0.25) is 5.02 Å². The van der Waals surface area contributed by atoms with Crippen molar-refractivity contribution in [3.8, 4) is 5.69 Å². The molecule has 0 fully saturated rings. The molecular weight excluding hydrogens is 613 g/mol. The molecule has 6 rings (SSSR count). The number of hydrogen-bond donors (Lipinski definition) is 1. The van der Waals surface area contributed by atoms with Crippen LogP contribution in [0.5, 0.6) is 0 Å². The lowest BCUT2D eigenvalue weighted by molar-refractivity contribution is -0.136. The Morgan fingerprint density at radius 3 is 2.50 bits per heavy atom. The molecule has 1 aliphatic heterocycles. The Morgan fingerprint density at radius 1 is 1.04 bits per heavy atom. The van der Waals surface area contributed by atoms with Gasteiger partial charge in [-0.3, -0.25) is 14.3 Å². The summed E-state index contributed by atoms with van der Waals surface area (Å²) < 4.78 is 18.3. The van der Waals surface area contributed by atoms with Crippen molar-refractivity contribution in [3.05, 3.63) is 129 Å². The van der Waals surface area contributed by atoms with E-state index in [1.807, 2.05) is 41.9 Å². The molecule has 13 heteroatoms. The van der Waals surface area contributed by atoms with E-state index < -0.39 is 23.7 Å². The topological polar surface area (TPSA) is 136 Å². The van der Waals surface area contributed by atoms with Gasteiger partial charge in [-0.25, -0.2) is 9.18 Å². The predicted molar refractivity (Wildman–Crippen MR) is 166 cm³/mol. The van der Waals surface area contributed by atoms with Gasteiger partial charge < -0.3 is 10.0 Å². The molecule has 1 amide bonds. The summed E-state index contributed by atoms with van der Waals surface area (Å²) in [6.07, 6.45) is 4.20. The zero-order chi connectivity index (χ0) is 32.4. The van der Waals surface area contributed by atoms with Gasteiger partial charge in [0, 0.05) is 42.3 Å². The summed E-state index contributed by atoms with van der Waals surface area (Å²) in [5, 5.41) is 24.9. The van der Waals surface area contributed by atoms with Gasteiger partial charge in [-0.2, -0.15) is 9.78 Å². The van der Waals surface area contributed by atoms with Gasteiger partial charge in [0.25, 0.3) is 0 Å². The van der Waals surface area contributed by atoms with Crippen LogP contribution in [-0.4, -0.2) is 64.2 Å². The van der Waals surface area contributed by atoms with Crippen LogP contribution in [0.25, 0.3) is 11.8 Å². The van der Waals surface area contributed by atoms with Gasteiger partial charge in [-0.15, -0.1) is 5.10 Å². The van der Waals surface area contributed by atoms with E-state index in [0.717, 1.165) is 11.3 Å². The summed E-state index contributed by atoms with van der Waals surface area (Å²) in [7, 11) is 0. The first-order valence-corrected chi connectivity index (χ1v) is 14.7. The van der Waals surface area contributed by atoms with Crippen molar-refractivity contribution in [2.24, 2.45) is 0 Å². The SMILES string of the molecule is Cc1nn(Cc2ccccc2)c2c1C(C(=O)Cc1ccc(C(=O)O)cc1)N(C(=O)/C=C/c1c(-n3cnnn3)ccc(Cl)c1F)CC2. The maximum atomic E-state index is 15.2. The number of aromatic nitrogens is 6. The Hall–Kier alpha value is -5.49. The Bertz CT molecular complexity index is 1960. The molecule has 5 aromatic rings. The van der Waals surface area contributed by atoms with Crippen LogP contribution in [0.15, 0.2) is 79.1 Å². The minimum Gasteiger partial charge on any atom is -0.478 e. The molecule has 1 aliphatic rings. The molecule has 0 saturated heterocycles. The number of halogens is 2. The lowest BCUT2D eigenvalue weighted by Crippen LogP contribution is -2.43. The van der Waals surface area contributed by atoms with E-state index in [1.165, 1.54) is 52.3 Å². The fourth-order valence-electron chi connectivity index (χ4n) is 5.73. The predicted octanol–water partition coefficient (Wildman–Crippen LogP) is 4.66. The highest BCUT2D eigenvalue weighted by Crippen LogP contribution is 2.35. The standard InChI is InChI=1S/C33H27ClFN7O4/c1-20-30-27(41(37-20)18-22-5-3-2-4-6-22)15-16-40(32(30)28(43)17-21-7-9-23(10-8-21)33(45)46)29(44)14-11-24-26(42-19-36-38-39-42)13-12-25(34)31(24)35/h2-14,19,32H,15-18H2,1H3,(H,45,46)/b14-11+. The molecule has 0 saturated carbocycles. The van der Waals surface area contributed by atoms with E-state index in [2.05, 4.69) is 15.5 Å². The van der Waals surface area contributed by atoms with E-state index in [4.69, 9.17) is 16.7 Å². The van der Waals surface area contributed by atoms with E-state index in [9.17, 15) is 19.5 Å². The smallest absolute Gasteiger partial charge is 0.335 e. The fraction of sp³-hybridized carbons (Fsp3) is 0.182. The van der Waals surface area contributed by atoms with Crippen LogP contribution in [0.3, 0.4) is 0 Å². The number of carbonyl (C=O) groups is 3. The number of hydrogen-bond acceptors (Lipinski definition) is 7. The number of aromatic carboxylic acids is 1. The van der Waals surface area contributed by atoms with Crippen molar-refractivity contribution in [1.29, 1.82) is 0 Å². The van der Waals surface area contributed by atoms with Gasteiger partial charge >= 0.3 is 5.97 Å². The molecule has 1 N–H and O–H groups in total. The highest BCUT2D eigenvalue weighted by atomic mass is 35.5. The van der Waals surface area contributed by atoms with Gasteiger partial charge in [0.05, 0.1) is 28.5 Å². The van der Waals surface area contributed by atoms with Gasteiger partial charge in [0.1, 0.15) is 12.4 Å².